The molecule has 0 aliphatic heterocycles. The van der Waals surface area contributed by atoms with Crippen molar-refractivity contribution >= 4 is 10.0 Å². The summed E-state index contributed by atoms with van der Waals surface area (Å²) < 4.78 is 43.8. The van der Waals surface area contributed by atoms with Gasteiger partial charge in [0.05, 0.1) is 11.4 Å². The molecule has 2 rings (SSSR count). The highest BCUT2D eigenvalue weighted by Gasteiger charge is 2.24. The molecule has 0 aliphatic rings. The number of hydrogen-bond acceptors (Lipinski definition) is 6. The van der Waals surface area contributed by atoms with Crippen LogP contribution < -0.4 is 4.72 Å². The van der Waals surface area contributed by atoms with Crippen LogP contribution in [0.15, 0.2) is 33.7 Å². The second kappa shape index (κ2) is 5.51. The summed E-state index contributed by atoms with van der Waals surface area (Å²) in [6, 6.07) is 4.40. The van der Waals surface area contributed by atoms with E-state index in [2.05, 4.69) is 14.9 Å². The Kier molecular flexibility index (Phi) is 4.08. The van der Waals surface area contributed by atoms with Gasteiger partial charge in [-0.15, -0.1) is 0 Å². The second-order valence-corrected chi connectivity index (χ2v) is 6.62. The molecule has 0 saturated heterocycles. The lowest BCUT2D eigenvalue weighted by Gasteiger charge is -2.09. The molecule has 1 aromatic carbocycles. The van der Waals surface area contributed by atoms with E-state index in [-0.39, 0.29) is 23.2 Å². The molecule has 0 spiro atoms. The largest absolute Gasteiger partial charge is 0.381 e. The summed E-state index contributed by atoms with van der Waals surface area (Å²) in [6.07, 6.45) is 0. The van der Waals surface area contributed by atoms with Gasteiger partial charge in [0, 0.05) is 0 Å². The van der Waals surface area contributed by atoms with E-state index in [1.165, 1.54) is 13.8 Å². The molecule has 0 radical (unpaired) electrons. The predicted octanol–water partition coefficient (Wildman–Crippen LogP) is 0.915. The van der Waals surface area contributed by atoms with Gasteiger partial charge in [-0.2, -0.15) is 4.98 Å². The molecule has 114 valence electrons. The molecule has 0 unspecified atom stereocenters. The second-order valence-electron chi connectivity index (χ2n) is 4.85. The Balaban J connectivity index is 2.08. The topological polar surface area (TPSA) is 105 Å². The number of halogens is 1. The van der Waals surface area contributed by atoms with E-state index in [1.807, 2.05) is 0 Å². The third kappa shape index (κ3) is 3.84. The molecular weight excluding hydrogens is 301 g/mol. The highest BCUT2D eigenvalue weighted by atomic mass is 32.2. The third-order valence-corrected chi connectivity index (χ3v) is 3.95. The standard InChI is InChI=1S/C12H14FN3O4S/c1-12(2,17)11-15-10(16-20-11)7-14-21(18,19)9-5-3-8(13)4-6-9/h3-6,14,17H,7H2,1-2H3. The van der Waals surface area contributed by atoms with Gasteiger partial charge in [0.15, 0.2) is 5.82 Å². The first kappa shape index (κ1) is 15.5. The van der Waals surface area contributed by atoms with Crippen LogP contribution in [0.4, 0.5) is 4.39 Å². The van der Waals surface area contributed by atoms with E-state index in [0.29, 0.717) is 0 Å². The van der Waals surface area contributed by atoms with Crippen molar-refractivity contribution in [3.05, 3.63) is 41.8 Å². The van der Waals surface area contributed by atoms with Gasteiger partial charge in [-0.3, -0.25) is 0 Å². The lowest BCUT2D eigenvalue weighted by molar-refractivity contribution is 0.0420. The van der Waals surface area contributed by atoms with Crippen LogP contribution in [0, 0.1) is 5.82 Å². The van der Waals surface area contributed by atoms with Crippen LogP contribution in [-0.2, 0) is 22.2 Å². The molecule has 2 aromatic rings. The van der Waals surface area contributed by atoms with Crippen LogP contribution in [0.5, 0.6) is 0 Å². The molecule has 1 heterocycles. The highest BCUT2D eigenvalue weighted by molar-refractivity contribution is 7.89. The van der Waals surface area contributed by atoms with Crippen LogP contribution in [0.2, 0.25) is 0 Å². The first-order valence-electron chi connectivity index (χ1n) is 5.99. The van der Waals surface area contributed by atoms with E-state index in [9.17, 15) is 17.9 Å². The van der Waals surface area contributed by atoms with Gasteiger partial charge in [-0.1, -0.05) is 5.16 Å². The average Bonchev–Trinajstić information content (AvgIpc) is 2.86. The van der Waals surface area contributed by atoms with Crippen molar-refractivity contribution in [1.29, 1.82) is 0 Å². The SMILES string of the molecule is CC(C)(O)c1nc(CNS(=O)(=O)c2ccc(F)cc2)no1. The van der Waals surface area contributed by atoms with E-state index in [4.69, 9.17) is 4.52 Å². The van der Waals surface area contributed by atoms with Crippen LogP contribution in [0.3, 0.4) is 0 Å². The van der Waals surface area contributed by atoms with E-state index in [1.54, 1.807) is 0 Å². The quantitative estimate of drug-likeness (QED) is 0.850. The maximum absolute atomic E-state index is 12.8. The molecule has 0 fully saturated rings. The Labute approximate surface area is 120 Å². The maximum atomic E-state index is 12.8. The molecule has 0 bridgehead atoms. The molecule has 0 aliphatic carbocycles. The Morgan fingerprint density at radius 1 is 1.33 bits per heavy atom. The fourth-order valence-corrected chi connectivity index (χ4v) is 2.41. The number of aliphatic hydroxyl groups is 1. The molecule has 21 heavy (non-hydrogen) atoms. The van der Waals surface area contributed by atoms with Gasteiger partial charge in [0.2, 0.25) is 10.0 Å². The Morgan fingerprint density at radius 3 is 2.48 bits per heavy atom. The Morgan fingerprint density at radius 2 is 1.95 bits per heavy atom. The monoisotopic (exact) mass is 315 g/mol. The number of aromatic nitrogens is 2. The maximum Gasteiger partial charge on any atom is 0.258 e. The number of sulfonamides is 1. The van der Waals surface area contributed by atoms with E-state index >= 15 is 0 Å². The Hall–Kier alpha value is -1.84. The van der Waals surface area contributed by atoms with Crippen molar-refractivity contribution in [2.24, 2.45) is 0 Å². The summed E-state index contributed by atoms with van der Waals surface area (Å²) in [7, 11) is -3.80. The minimum atomic E-state index is -3.80. The summed E-state index contributed by atoms with van der Waals surface area (Å²) in [5, 5.41) is 13.2. The molecule has 2 N–H and O–H groups in total. The number of hydrogen-bond donors (Lipinski definition) is 2. The minimum Gasteiger partial charge on any atom is -0.381 e. The van der Waals surface area contributed by atoms with E-state index in [0.717, 1.165) is 24.3 Å². The predicted molar refractivity (Wildman–Crippen MR) is 70.0 cm³/mol. The smallest absolute Gasteiger partial charge is 0.258 e. The summed E-state index contributed by atoms with van der Waals surface area (Å²) in [6.45, 7) is 2.72. The van der Waals surface area contributed by atoms with Crippen molar-refractivity contribution in [2.75, 3.05) is 0 Å². The van der Waals surface area contributed by atoms with Gasteiger partial charge >= 0.3 is 0 Å². The summed E-state index contributed by atoms with van der Waals surface area (Å²) in [5.41, 5.74) is -1.30. The van der Waals surface area contributed by atoms with Gasteiger partial charge in [0.1, 0.15) is 11.4 Å². The molecule has 0 amide bonds. The number of nitrogens with one attached hydrogen (secondary N) is 1. The minimum absolute atomic E-state index is 0.0153. The third-order valence-electron chi connectivity index (χ3n) is 2.54. The summed E-state index contributed by atoms with van der Waals surface area (Å²) in [5.74, 6) is -0.460. The van der Waals surface area contributed by atoms with Crippen molar-refractivity contribution in [2.45, 2.75) is 30.9 Å². The first-order valence-corrected chi connectivity index (χ1v) is 7.47. The highest BCUT2D eigenvalue weighted by Crippen LogP contribution is 2.17. The summed E-state index contributed by atoms with van der Waals surface area (Å²) in [4.78, 5) is 3.80. The number of nitrogens with zero attached hydrogens (tertiary/aromatic N) is 2. The zero-order chi connectivity index (χ0) is 15.7. The first-order chi connectivity index (χ1) is 9.68. The fraction of sp³-hybridized carbons (Fsp3) is 0.333. The molecule has 7 nitrogen and oxygen atoms in total. The lowest BCUT2D eigenvalue weighted by Crippen LogP contribution is -2.24. The van der Waals surface area contributed by atoms with Gasteiger partial charge < -0.3 is 9.63 Å². The van der Waals surface area contributed by atoms with Crippen LogP contribution in [0.1, 0.15) is 25.6 Å². The summed E-state index contributed by atoms with van der Waals surface area (Å²) >= 11 is 0. The molecule has 9 heteroatoms. The van der Waals surface area contributed by atoms with Crippen molar-refractivity contribution in [3.63, 3.8) is 0 Å². The molecule has 0 saturated carbocycles. The van der Waals surface area contributed by atoms with Crippen LogP contribution in [0.25, 0.3) is 0 Å². The Bertz CT molecular complexity index is 720. The van der Waals surface area contributed by atoms with E-state index < -0.39 is 21.4 Å². The number of benzene rings is 1. The normalized spacial score (nSPS) is 12.6. The lowest BCUT2D eigenvalue weighted by atomic mass is 10.1. The van der Waals surface area contributed by atoms with Crippen molar-refractivity contribution < 1.29 is 22.4 Å². The zero-order valence-corrected chi connectivity index (χ0v) is 12.2. The average molecular weight is 315 g/mol. The number of rotatable bonds is 5. The van der Waals surface area contributed by atoms with Crippen molar-refractivity contribution in [1.82, 2.24) is 14.9 Å². The van der Waals surface area contributed by atoms with Crippen LogP contribution in [-0.4, -0.2) is 23.7 Å². The van der Waals surface area contributed by atoms with Gasteiger partial charge in [-0.05, 0) is 38.1 Å². The molecule has 0 atom stereocenters. The molecule has 1 aromatic heterocycles. The van der Waals surface area contributed by atoms with Crippen LogP contribution >= 0.6 is 0 Å². The van der Waals surface area contributed by atoms with Gasteiger partial charge in [0.25, 0.3) is 5.89 Å². The fourth-order valence-electron chi connectivity index (χ4n) is 1.43. The zero-order valence-electron chi connectivity index (χ0n) is 11.4. The van der Waals surface area contributed by atoms with Crippen molar-refractivity contribution in [3.8, 4) is 0 Å². The molecular formula is C12H14FN3O4S. The van der Waals surface area contributed by atoms with Gasteiger partial charge in [-0.25, -0.2) is 17.5 Å².